The fourth-order valence-electron chi connectivity index (χ4n) is 2.78. The van der Waals surface area contributed by atoms with Crippen LogP contribution in [0.5, 0.6) is 0 Å². The van der Waals surface area contributed by atoms with Gasteiger partial charge < -0.3 is 15.1 Å². The van der Waals surface area contributed by atoms with Crippen molar-refractivity contribution in [1.82, 2.24) is 19.8 Å². The third kappa shape index (κ3) is 3.91. The Balaban J connectivity index is 2.33. The second-order valence-electron chi connectivity index (χ2n) is 5.81. The van der Waals surface area contributed by atoms with Crippen LogP contribution in [0.4, 0.5) is 5.82 Å². The Bertz CT molecular complexity index is 503. The summed E-state index contributed by atoms with van der Waals surface area (Å²) in [5, 5.41) is 3.09. The van der Waals surface area contributed by atoms with Crippen molar-refractivity contribution in [2.24, 2.45) is 0 Å². The van der Waals surface area contributed by atoms with Crippen molar-refractivity contribution in [1.29, 1.82) is 0 Å². The second kappa shape index (κ2) is 6.85. The van der Waals surface area contributed by atoms with E-state index in [0.29, 0.717) is 0 Å². The first kappa shape index (κ1) is 15.7. The summed E-state index contributed by atoms with van der Waals surface area (Å²) >= 11 is 0. The zero-order valence-corrected chi connectivity index (χ0v) is 13.4. The van der Waals surface area contributed by atoms with Crippen LogP contribution in [0.1, 0.15) is 43.7 Å². The number of hydrogen-bond donors (Lipinski definition) is 1. The van der Waals surface area contributed by atoms with E-state index in [-0.39, 0.29) is 11.9 Å². The van der Waals surface area contributed by atoms with Crippen LogP contribution in [0.15, 0.2) is 6.07 Å². The molecule has 1 fully saturated rings. The molecule has 1 N–H and O–H groups in total. The summed E-state index contributed by atoms with van der Waals surface area (Å²) in [7, 11) is 5.89. The summed E-state index contributed by atoms with van der Waals surface area (Å²) in [4.78, 5) is 25.1. The van der Waals surface area contributed by atoms with Gasteiger partial charge in [-0.25, -0.2) is 9.97 Å². The Morgan fingerprint density at radius 2 is 2.19 bits per heavy atom. The van der Waals surface area contributed by atoms with Crippen LogP contribution in [0, 0.1) is 0 Å². The van der Waals surface area contributed by atoms with Crippen LogP contribution in [0.2, 0.25) is 0 Å². The molecule has 0 aliphatic carbocycles. The number of piperidine rings is 1. The molecule has 6 nitrogen and oxygen atoms in total. The van der Waals surface area contributed by atoms with Gasteiger partial charge in [-0.1, -0.05) is 0 Å². The molecule has 1 aromatic rings. The lowest BCUT2D eigenvalue weighted by Gasteiger charge is -2.34. The molecule has 6 heteroatoms. The fraction of sp³-hybridized carbons (Fsp3) is 0.667. The molecule has 2 heterocycles. The van der Waals surface area contributed by atoms with Crippen molar-refractivity contribution in [3.05, 3.63) is 17.6 Å². The zero-order valence-electron chi connectivity index (χ0n) is 13.4. The van der Waals surface area contributed by atoms with E-state index in [9.17, 15) is 4.79 Å². The standard InChI is InChI=1S/C15H25N5O/c1-11(21)20-8-6-5-7-13(20)15-17-12(10-19(3)4)9-14(16-2)18-15/h9,13H,5-8,10H2,1-4H3,(H,16,17,18)/t13-/m0/s1. The van der Waals surface area contributed by atoms with Gasteiger partial charge in [-0.3, -0.25) is 4.79 Å². The predicted molar refractivity (Wildman–Crippen MR) is 82.9 cm³/mol. The molecular weight excluding hydrogens is 266 g/mol. The molecule has 21 heavy (non-hydrogen) atoms. The lowest BCUT2D eigenvalue weighted by Crippen LogP contribution is -2.38. The molecule has 116 valence electrons. The molecule has 1 aliphatic rings. The molecule has 0 spiro atoms. The van der Waals surface area contributed by atoms with Crippen molar-refractivity contribution in [3.63, 3.8) is 0 Å². The minimum absolute atomic E-state index is 0.00506. The van der Waals surface area contributed by atoms with Crippen LogP contribution >= 0.6 is 0 Å². The lowest BCUT2D eigenvalue weighted by molar-refractivity contribution is -0.132. The Morgan fingerprint density at radius 3 is 2.81 bits per heavy atom. The Kier molecular flexibility index (Phi) is 5.12. The number of nitrogens with one attached hydrogen (secondary N) is 1. The average molecular weight is 291 g/mol. The van der Waals surface area contributed by atoms with E-state index in [1.165, 1.54) is 0 Å². The van der Waals surface area contributed by atoms with Gasteiger partial charge >= 0.3 is 0 Å². The Morgan fingerprint density at radius 1 is 1.43 bits per heavy atom. The highest BCUT2D eigenvalue weighted by molar-refractivity contribution is 5.73. The molecular formula is C15H25N5O. The average Bonchev–Trinajstić information content (AvgIpc) is 2.46. The largest absolute Gasteiger partial charge is 0.373 e. The highest BCUT2D eigenvalue weighted by Crippen LogP contribution is 2.29. The Hall–Kier alpha value is -1.69. The molecule has 1 saturated heterocycles. The fourth-order valence-corrected chi connectivity index (χ4v) is 2.78. The number of carbonyl (C=O) groups is 1. The van der Waals surface area contributed by atoms with E-state index in [0.717, 1.165) is 49.7 Å². The van der Waals surface area contributed by atoms with E-state index < -0.39 is 0 Å². The maximum Gasteiger partial charge on any atom is 0.220 e. The molecule has 2 rings (SSSR count). The van der Waals surface area contributed by atoms with Gasteiger partial charge in [0.15, 0.2) is 5.82 Å². The van der Waals surface area contributed by atoms with Crippen molar-refractivity contribution in [3.8, 4) is 0 Å². The van der Waals surface area contributed by atoms with Crippen LogP contribution in [0.3, 0.4) is 0 Å². The molecule has 1 atom stereocenters. The first-order valence-electron chi connectivity index (χ1n) is 7.49. The van der Waals surface area contributed by atoms with Gasteiger partial charge in [-0.15, -0.1) is 0 Å². The molecule has 0 unspecified atom stereocenters. The lowest BCUT2D eigenvalue weighted by atomic mass is 10.0. The van der Waals surface area contributed by atoms with E-state index in [1.807, 2.05) is 32.1 Å². The van der Waals surface area contributed by atoms with Crippen molar-refractivity contribution < 1.29 is 4.79 Å². The van der Waals surface area contributed by atoms with Crippen LogP contribution in [-0.2, 0) is 11.3 Å². The summed E-state index contributed by atoms with van der Waals surface area (Å²) < 4.78 is 0. The van der Waals surface area contributed by atoms with Crippen molar-refractivity contribution in [2.45, 2.75) is 38.8 Å². The zero-order chi connectivity index (χ0) is 15.4. The molecule has 0 aromatic carbocycles. The van der Waals surface area contributed by atoms with Crippen molar-refractivity contribution >= 4 is 11.7 Å². The van der Waals surface area contributed by atoms with Gasteiger partial charge in [0.25, 0.3) is 0 Å². The number of rotatable bonds is 4. The topological polar surface area (TPSA) is 61.4 Å². The molecule has 0 bridgehead atoms. The van der Waals surface area contributed by atoms with Gasteiger partial charge in [0.2, 0.25) is 5.91 Å². The first-order valence-corrected chi connectivity index (χ1v) is 7.49. The third-order valence-corrected chi connectivity index (χ3v) is 3.74. The van der Waals surface area contributed by atoms with Crippen LogP contribution in [-0.4, -0.2) is 53.4 Å². The summed E-state index contributed by atoms with van der Waals surface area (Å²) in [5.41, 5.74) is 0.975. The monoisotopic (exact) mass is 291 g/mol. The third-order valence-electron chi connectivity index (χ3n) is 3.74. The van der Waals surface area contributed by atoms with Gasteiger partial charge in [-0.2, -0.15) is 0 Å². The SMILES string of the molecule is CNc1cc(CN(C)C)nc([C@@H]2CCCCN2C(C)=O)n1. The van der Waals surface area contributed by atoms with Gasteiger partial charge in [0, 0.05) is 33.1 Å². The summed E-state index contributed by atoms with van der Waals surface area (Å²) in [6, 6.07) is 1.97. The van der Waals surface area contributed by atoms with Crippen LogP contribution < -0.4 is 5.32 Å². The number of hydrogen-bond acceptors (Lipinski definition) is 5. The molecule has 1 aliphatic heterocycles. The highest BCUT2D eigenvalue weighted by Gasteiger charge is 2.28. The molecule has 1 amide bonds. The van der Waals surface area contributed by atoms with Gasteiger partial charge in [-0.05, 0) is 33.4 Å². The van der Waals surface area contributed by atoms with Crippen LogP contribution in [0.25, 0.3) is 0 Å². The summed E-state index contributed by atoms with van der Waals surface area (Å²) in [5.74, 6) is 1.67. The first-order chi connectivity index (χ1) is 10.0. The smallest absolute Gasteiger partial charge is 0.220 e. The minimum Gasteiger partial charge on any atom is -0.373 e. The van der Waals surface area contributed by atoms with E-state index in [1.54, 1.807) is 6.92 Å². The number of nitrogens with zero attached hydrogens (tertiary/aromatic N) is 4. The van der Waals surface area contributed by atoms with E-state index in [4.69, 9.17) is 4.98 Å². The number of aromatic nitrogens is 2. The number of likely N-dealkylation sites (tertiary alicyclic amines) is 1. The Labute approximate surface area is 126 Å². The number of amides is 1. The number of carbonyl (C=O) groups excluding carboxylic acids is 1. The predicted octanol–water partition coefficient (Wildman–Crippen LogP) is 1.65. The quantitative estimate of drug-likeness (QED) is 0.914. The normalized spacial score (nSPS) is 18.9. The van der Waals surface area contributed by atoms with Crippen molar-refractivity contribution in [2.75, 3.05) is 33.0 Å². The second-order valence-corrected chi connectivity index (χ2v) is 5.81. The van der Waals surface area contributed by atoms with Gasteiger partial charge in [0.1, 0.15) is 5.82 Å². The summed E-state index contributed by atoms with van der Waals surface area (Å²) in [6.07, 6.45) is 3.12. The summed E-state index contributed by atoms with van der Waals surface area (Å²) in [6.45, 7) is 3.19. The minimum atomic E-state index is 0.00506. The van der Waals surface area contributed by atoms with E-state index >= 15 is 0 Å². The maximum atomic E-state index is 11.8. The van der Waals surface area contributed by atoms with E-state index in [2.05, 4.69) is 15.2 Å². The number of anilines is 1. The molecule has 1 aromatic heterocycles. The molecule has 0 radical (unpaired) electrons. The maximum absolute atomic E-state index is 11.8. The highest BCUT2D eigenvalue weighted by atomic mass is 16.2. The molecule has 0 saturated carbocycles. The van der Waals surface area contributed by atoms with Gasteiger partial charge in [0.05, 0.1) is 11.7 Å².